The fraction of sp³-hybridized carbons (Fsp3) is 0.417. The molecule has 1 aromatic carbocycles. The molecule has 1 atom stereocenters. The maximum atomic E-state index is 11.8. The number of phenols is 1. The Kier molecular flexibility index (Phi) is 3.90. The molecule has 0 fully saturated rings. The van der Waals surface area contributed by atoms with Gasteiger partial charge in [-0.15, -0.1) is 0 Å². The van der Waals surface area contributed by atoms with Crippen molar-refractivity contribution in [3.05, 3.63) is 29.8 Å². The quantitative estimate of drug-likeness (QED) is 0.720. The first-order valence-corrected chi connectivity index (χ1v) is 5.24. The Morgan fingerprint density at radius 2 is 2.06 bits per heavy atom. The van der Waals surface area contributed by atoms with Crippen LogP contribution < -0.4 is 5.32 Å². The van der Waals surface area contributed by atoms with E-state index in [0.29, 0.717) is 6.42 Å². The van der Waals surface area contributed by atoms with Crippen LogP contribution in [0.3, 0.4) is 0 Å². The van der Waals surface area contributed by atoms with Crippen LogP contribution in [0.15, 0.2) is 24.3 Å². The Balaban J connectivity index is 2.84. The van der Waals surface area contributed by atoms with E-state index in [4.69, 9.17) is 0 Å². The van der Waals surface area contributed by atoms with Gasteiger partial charge in [0, 0.05) is 0 Å². The zero-order valence-electron chi connectivity index (χ0n) is 9.53. The molecule has 0 heterocycles. The number of para-hydroxylation sites is 1. The number of rotatable bonds is 4. The van der Waals surface area contributed by atoms with Gasteiger partial charge in [0.15, 0.2) is 0 Å². The van der Waals surface area contributed by atoms with E-state index in [-0.39, 0.29) is 23.8 Å². The lowest BCUT2D eigenvalue weighted by Gasteiger charge is -2.27. The van der Waals surface area contributed by atoms with Crippen LogP contribution in [0.25, 0.3) is 0 Å². The van der Waals surface area contributed by atoms with E-state index in [0.717, 1.165) is 0 Å². The van der Waals surface area contributed by atoms with Crippen molar-refractivity contribution in [2.45, 2.75) is 25.8 Å². The largest absolute Gasteiger partial charge is 0.507 e. The van der Waals surface area contributed by atoms with Gasteiger partial charge in [-0.2, -0.15) is 0 Å². The van der Waals surface area contributed by atoms with Crippen molar-refractivity contribution in [1.82, 2.24) is 5.32 Å². The van der Waals surface area contributed by atoms with Gasteiger partial charge in [0.05, 0.1) is 17.7 Å². The molecule has 1 rings (SSSR count). The summed E-state index contributed by atoms with van der Waals surface area (Å²) in [6.45, 7) is 3.50. The van der Waals surface area contributed by atoms with Gasteiger partial charge in [0.2, 0.25) is 0 Å². The summed E-state index contributed by atoms with van der Waals surface area (Å²) in [7, 11) is 0. The monoisotopic (exact) mass is 223 g/mol. The molecule has 0 aliphatic rings. The first-order chi connectivity index (χ1) is 7.52. The van der Waals surface area contributed by atoms with Crippen LogP contribution in [0.2, 0.25) is 0 Å². The predicted octanol–water partition coefficient (Wildman–Crippen LogP) is 1.28. The molecule has 4 nitrogen and oxygen atoms in total. The Morgan fingerprint density at radius 3 is 2.56 bits per heavy atom. The minimum absolute atomic E-state index is 0.0589. The summed E-state index contributed by atoms with van der Waals surface area (Å²) < 4.78 is 0. The second-order valence-corrected chi connectivity index (χ2v) is 4.04. The van der Waals surface area contributed by atoms with Crippen LogP contribution in [0, 0.1) is 0 Å². The molecule has 16 heavy (non-hydrogen) atoms. The molecule has 1 aromatic rings. The molecule has 0 saturated heterocycles. The van der Waals surface area contributed by atoms with Gasteiger partial charge >= 0.3 is 0 Å². The van der Waals surface area contributed by atoms with Crippen LogP contribution in [0.4, 0.5) is 0 Å². The second kappa shape index (κ2) is 4.99. The number of aromatic hydroxyl groups is 1. The van der Waals surface area contributed by atoms with Crippen LogP contribution >= 0.6 is 0 Å². The van der Waals surface area contributed by atoms with Gasteiger partial charge in [-0.1, -0.05) is 19.1 Å². The Bertz CT molecular complexity index is 372. The van der Waals surface area contributed by atoms with Gasteiger partial charge < -0.3 is 15.5 Å². The summed E-state index contributed by atoms with van der Waals surface area (Å²) in [6, 6.07) is 6.32. The number of carbonyl (C=O) groups excluding carboxylic acids is 1. The van der Waals surface area contributed by atoms with E-state index in [1.807, 2.05) is 6.92 Å². The normalized spacial score (nSPS) is 14.2. The van der Waals surface area contributed by atoms with Gasteiger partial charge in [-0.3, -0.25) is 4.79 Å². The van der Waals surface area contributed by atoms with Gasteiger partial charge in [-0.05, 0) is 25.5 Å². The Hall–Kier alpha value is -1.55. The van der Waals surface area contributed by atoms with Crippen molar-refractivity contribution < 1.29 is 15.0 Å². The number of phenolic OH excluding ortho intramolecular Hbond substituents is 1. The van der Waals surface area contributed by atoms with E-state index >= 15 is 0 Å². The maximum Gasteiger partial charge on any atom is 0.255 e. The minimum atomic E-state index is -0.653. The van der Waals surface area contributed by atoms with Crippen LogP contribution in [-0.2, 0) is 0 Å². The molecule has 0 bridgehead atoms. The number of aliphatic hydroxyl groups is 1. The lowest BCUT2D eigenvalue weighted by Crippen LogP contribution is -2.48. The maximum absolute atomic E-state index is 11.8. The standard InChI is InChI=1S/C12H17NO3/c1-3-12(2,8-14)13-11(16)9-6-4-5-7-10(9)15/h4-7,14-15H,3,8H2,1-2H3,(H,13,16). The molecule has 0 aliphatic heterocycles. The highest BCUT2D eigenvalue weighted by Crippen LogP contribution is 2.17. The average Bonchev–Trinajstić information content (AvgIpc) is 2.29. The molecular weight excluding hydrogens is 206 g/mol. The van der Waals surface area contributed by atoms with Crippen molar-refractivity contribution in [1.29, 1.82) is 0 Å². The molecule has 3 N–H and O–H groups in total. The topological polar surface area (TPSA) is 69.6 Å². The fourth-order valence-corrected chi connectivity index (χ4v) is 1.25. The van der Waals surface area contributed by atoms with Crippen molar-refractivity contribution in [3.8, 4) is 5.75 Å². The van der Waals surface area contributed by atoms with Crippen LogP contribution in [-0.4, -0.2) is 28.3 Å². The van der Waals surface area contributed by atoms with Gasteiger partial charge in [-0.25, -0.2) is 0 Å². The Labute approximate surface area is 94.9 Å². The first kappa shape index (κ1) is 12.5. The highest BCUT2D eigenvalue weighted by molar-refractivity contribution is 5.97. The Morgan fingerprint density at radius 1 is 1.44 bits per heavy atom. The molecule has 0 aliphatic carbocycles. The first-order valence-electron chi connectivity index (χ1n) is 5.24. The SMILES string of the molecule is CCC(C)(CO)NC(=O)c1ccccc1O. The summed E-state index contributed by atoms with van der Waals surface area (Å²) in [6.07, 6.45) is 0.614. The summed E-state index contributed by atoms with van der Waals surface area (Å²) in [5.74, 6) is -0.437. The highest BCUT2D eigenvalue weighted by atomic mass is 16.3. The fourth-order valence-electron chi connectivity index (χ4n) is 1.25. The average molecular weight is 223 g/mol. The summed E-state index contributed by atoms with van der Waals surface area (Å²) in [5.41, 5.74) is -0.435. The third-order valence-electron chi connectivity index (χ3n) is 2.69. The number of hydrogen-bond donors (Lipinski definition) is 3. The summed E-state index contributed by atoms with van der Waals surface area (Å²) in [4.78, 5) is 11.8. The van der Waals surface area contributed by atoms with Crippen LogP contribution in [0.5, 0.6) is 5.75 Å². The molecule has 4 heteroatoms. The van der Waals surface area contributed by atoms with Gasteiger partial charge in [0.25, 0.3) is 5.91 Å². The molecule has 1 unspecified atom stereocenters. The van der Waals surface area contributed by atoms with E-state index in [2.05, 4.69) is 5.32 Å². The number of amides is 1. The third-order valence-corrected chi connectivity index (χ3v) is 2.69. The van der Waals surface area contributed by atoms with Crippen molar-refractivity contribution in [3.63, 3.8) is 0 Å². The van der Waals surface area contributed by atoms with Crippen molar-refractivity contribution in [2.75, 3.05) is 6.61 Å². The smallest absolute Gasteiger partial charge is 0.255 e. The molecule has 0 spiro atoms. The van der Waals surface area contributed by atoms with Gasteiger partial charge in [0.1, 0.15) is 5.75 Å². The van der Waals surface area contributed by atoms with E-state index in [1.54, 1.807) is 19.1 Å². The third kappa shape index (κ3) is 2.73. The summed E-state index contributed by atoms with van der Waals surface area (Å²) in [5, 5.41) is 21.4. The number of benzene rings is 1. The van der Waals surface area contributed by atoms with Crippen molar-refractivity contribution >= 4 is 5.91 Å². The highest BCUT2D eigenvalue weighted by Gasteiger charge is 2.24. The van der Waals surface area contributed by atoms with Crippen molar-refractivity contribution in [2.24, 2.45) is 0 Å². The zero-order valence-corrected chi connectivity index (χ0v) is 9.53. The van der Waals surface area contributed by atoms with E-state index in [1.165, 1.54) is 12.1 Å². The lowest BCUT2D eigenvalue weighted by molar-refractivity contribution is 0.0845. The molecule has 1 amide bonds. The molecule has 0 radical (unpaired) electrons. The predicted molar refractivity (Wildman–Crippen MR) is 61.4 cm³/mol. The number of nitrogens with one attached hydrogen (secondary N) is 1. The summed E-state index contributed by atoms with van der Waals surface area (Å²) >= 11 is 0. The minimum Gasteiger partial charge on any atom is -0.507 e. The zero-order chi connectivity index (χ0) is 12.2. The van der Waals surface area contributed by atoms with E-state index < -0.39 is 5.54 Å². The molecule has 0 aromatic heterocycles. The molecular formula is C12H17NO3. The number of hydrogen-bond acceptors (Lipinski definition) is 3. The lowest BCUT2D eigenvalue weighted by atomic mass is 9.99. The second-order valence-electron chi connectivity index (χ2n) is 4.04. The van der Waals surface area contributed by atoms with E-state index in [9.17, 15) is 15.0 Å². The molecule has 88 valence electrons. The molecule has 0 saturated carbocycles. The number of carbonyl (C=O) groups is 1. The van der Waals surface area contributed by atoms with Crippen LogP contribution in [0.1, 0.15) is 30.6 Å². The number of aliphatic hydroxyl groups excluding tert-OH is 1.